The number of phenols is 1. The third kappa shape index (κ3) is 5.05. The van der Waals surface area contributed by atoms with Gasteiger partial charge in [-0.1, -0.05) is 24.3 Å². The summed E-state index contributed by atoms with van der Waals surface area (Å²) in [4.78, 5) is 0. The van der Waals surface area contributed by atoms with Crippen LogP contribution in [0.4, 0.5) is 0 Å². The van der Waals surface area contributed by atoms with E-state index in [9.17, 15) is 10.2 Å². The van der Waals surface area contributed by atoms with E-state index in [1.807, 2.05) is 26.0 Å². The van der Waals surface area contributed by atoms with E-state index in [0.717, 1.165) is 5.56 Å². The van der Waals surface area contributed by atoms with Gasteiger partial charge in [0.05, 0.1) is 27.4 Å². The molecular weight excluding hydrogens is 346 g/mol. The number of para-hydroxylation sites is 1. The van der Waals surface area contributed by atoms with Gasteiger partial charge in [-0.05, 0) is 32.4 Å². The molecule has 0 aliphatic rings. The summed E-state index contributed by atoms with van der Waals surface area (Å²) in [7, 11) is 4.77. The van der Waals surface area contributed by atoms with Crippen LogP contribution in [0.1, 0.15) is 31.1 Å². The minimum atomic E-state index is -0.808. The fourth-order valence-corrected chi connectivity index (χ4v) is 3.09. The van der Waals surface area contributed by atoms with Crippen LogP contribution >= 0.6 is 0 Å². The van der Waals surface area contributed by atoms with Gasteiger partial charge in [0.1, 0.15) is 5.75 Å². The van der Waals surface area contributed by atoms with Crippen LogP contribution in [0.25, 0.3) is 0 Å². The molecule has 0 saturated heterocycles. The Morgan fingerprint density at radius 3 is 2.22 bits per heavy atom. The molecule has 0 heterocycles. The lowest BCUT2D eigenvalue weighted by Crippen LogP contribution is -2.43. The lowest BCUT2D eigenvalue weighted by atomic mass is 9.93. The van der Waals surface area contributed by atoms with Gasteiger partial charge in [-0.15, -0.1) is 0 Å². The minimum absolute atomic E-state index is 0.0890. The Balaban J connectivity index is 2.13. The first-order valence-electron chi connectivity index (χ1n) is 8.81. The van der Waals surface area contributed by atoms with Crippen molar-refractivity contribution in [2.75, 3.05) is 27.9 Å². The van der Waals surface area contributed by atoms with Crippen molar-refractivity contribution in [2.45, 2.75) is 31.9 Å². The molecule has 0 aliphatic carbocycles. The Bertz CT molecular complexity index is 760. The quantitative estimate of drug-likeness (QED) is 0.625. The largest absolute Gasteiger partial charge is 0.508 e. The number of aliphatic hydroxyl groups excluding tert-OH is 1. The zero-order valence-corrected chi connectivity index (χ0v) is 16.6. The van der Waals surface area contributed by atoms with E-state index in [0.29, 0.717) is 35.8 Å². The molecular formula is C21H29NO5. The Kier molecular flexibility index (Phi) is 6.93. The second kappa shape index (κ2) is 8.97. The predicted molar refractivity (Wildman–Crippen MR) is 105 cm³/mol. The third-order valence-corrected chi connectivity index (χ3v) is 4.49. The normalized spacial score (nSPS) is 12.5. The number of hydrogen-bond acceptors (Lipinski definition) is 6. The molecule has 1 atom stereocenters. The molecule has 0 bridgehead atoms. The first-order valence-corrected chi connectivity index (χ1v) is 8.81. The fraction of sp³-hybridized carbons (Fsp3) is 0.429. The molecule has 0 saturated carbocycles. The van der Waals surface area contributed by atoms with Crippen molar-refractivity contribution in [3.63, 3.8) is 0 Å². The Hall–Kier alpha value is -2.44. The van der Waals surface area contributed by atoms with Crippen molar-refractivity contribution in [2.24, 2.45) is 0 Å². The molecule has 0 aliphatic heterocycles. The maximum atomic E-state index is 10.4. The number of methoxy groups -OCH3 is 3. The van der Waals surface area contributed by atoms with E-state index in [-0.39, 0.29) is 11.3 Å². The number of hydrogen-bond donors (Lipinski definition) is 3. The van der Waals surface area contributed by atoms with Gasteiger partial charge < -0.3 is 29.7 Å². The van der Waals surface area contributed by atoms with Gasteiger partial charge in [0.2, 0.25) is 5.75 Å². The topological polar surface area (TPSA) is 80.2 Å². The first-order chi connectivity index (χ1) is 12.8. The van der Waals surface area contributed by atoms with E-state index >= 15 is 0 Å². The van der Waals surface area contributed by atoms with E-state index < -0.39 is 6.10 Å². The Labute approximate surface area is 160 Å². The van der Waals surface area contributed by atoms with Crippen LogP contribution in [0.5, 0.6) is 23.0 Å². The van der Waals surface area contributed by atoms with Gasteiger partial charge in [-0.2, -0.15) is 0 Å². The van der Waals surface area contributed by atoms with Gasteiger partial charge in [0.15, 0.2) is 11.5 Å². The van der Waals surface area contributed by atoms with Crippen molar-refractivity contribution >= 4 is 0 Å². The Morgan fingerprint density at radius 1 is 0.963 bits per heavy atom. The molecule has 148 valence electrons. The van der Waals surface area contributed by atoms with Crippen molar-refractivity contribution in [3.05, 3.63) is 47.5 Å². The number of benzene rings is 2. The third-order valence-electron chi connectivity index (χ3n) is 4.49. The van der Waals surface area contributed by atoms with Crippen molar-refractivity contribution in [1.29, 1.82) is 0 Å². The van der Waals surface area contributed by atoms with E-state index in [2.05, 4.69) is 5.32 Å². The molecule has 2 aromatic rings. The zero-order chi connectivity index (χ0) is 20.0. The number of aliphatic hydroxyl groups is 1. The first kappa shape index (κ1) is 20.9. The summed E-state index contributed by atoms with van der Waals surface area (Å²) in [5, 5.41) is 23.7. The number of nitrogens with one attached hydrogen (secondary N) is 1. The highest BCUT2D eigenvalue weighted by Crippen LogP contribution is 2.40. The molecule has 1 unspecified atom stereocenters. The van der Waals surface area contributed by atoms with Gasteiger partial charge in [-0.3, -0.25) is 0 Å². The van der Waals surface area contributed by atoms with Crippen molar-refractivity contribution < 1.29 is 24.4 Å². The summed E-state index contributed by atoms with van der Waals surface area (Å²) in [5.74, 6) is 1.89. The number of aromatic hydroxyl groups is 1. The van der Waals surface area contributed by atoms with E-state index in [1.54, 1.807) is 45.6 Å². The monoisotopic (exact) mass is 375 g/mol. The number of phenolic OH excluding ortho intramolecular Hbond substituents is 1. The predicted octanol–water partition coefficient (Wildman–Crippen LogP) is 3.06. The average molecular weight is 375 g/mol. The van der Waals surface area contributed by atoms with Crippen LogP contribution in [0.3, 0.4) is 0 Å². The number of rotatable bonds is 9. The molecule has 6 nitrogen and oxygen atoms in total. The average Bonchev–Trinajstić information content (AvgIpc) is 2.65. The van der Waals surface area contributed by atoms with Crippen LogP contribution in [-0.4, -0.2) is 43.6 Å². The number of ether oxygens (including phenoxy) is 3. The molecule has 27 heavy (non-hydrogen) atoms. The molecule has 0 radical (unpaired) electrons. The van der Waals surface area contributed by atoms with Crippen LogP contribution < -0.4 is 19.5 Å². The minimum Gasteiger partial charge on any atom is -0.508 e. The van der Waals surface area contributed by atoms with Crippen molar-refractivity contribution in [1.82, 2.24) is 5.32 Å². The smallest absolute Gasteiger partial charge is 0.203 e. The highest BCUT2D eigenvalue weighted by molar-refractivity contribution is 5.56. The second-order valence-corrected chi connectivity index (χ2v) is 7.01. The zero-order valence-electron chi connectivity index (χ0n) is 16.6. The number of β-amino-alcohol motifs (C(OH)–C–C–N with tert-alkyl or cyclic N) is 1. The van der Waals surface area contributed by atoms with E-state index in [4.69, 9.17) is 14.2 Å². The maximum absolute atomic E-state index is 10.4. The Morgan fingerprint density at radius 2 is 1.63 bits per heavy atom. The molecule has 0 aromatic heterocycles. The van der Waals surface area contributed by atoms with Crippen LogP contribution in [0, 0.1) is 0 Å². The molecule has 0 amide bonds. The summed E-state index contributed by atoms with van der Waals surface area (Å²) in [5.41, 5.74) is 1.13. The summed E-state index contributed by atoms with van der Waals surface area (Å²) >= 11 is 0. The molecule has 0 spiro atoms. The van der Waals surface area contributed by atoms with Crippen LogP contribution in [0.2, 0.25) is 0 Å². The van der Waals surface area contributed by atoms with Gasteiger partial charge in [-0.25, -0.2) is 0 Å². The lowest BCUT2D eigenvalue weighted by Gasteiger charge is -2.29. The standard InChI is InChI=1S/C21H29NO5/c1-21(2,22-13-17(24)15-8-6-7-9-16(15)23)12-14-10-11-18(25-3)20(27-5)19(14)26-4/h6-11,17,22-24H,12-13H2,1-5H3. The van der Waals surface area contributed by atoms with Gasteiger partial charge in [0, 0.05) is 23.2 Å². The molecule has 0 fully saturated rings. The molecule has 2 rings (SSSR count). The molecule has 2 aromatic carbocycles. The maximum Gasteiger partial charge on any atom is 0.203 e. The SMILES string of the molecule is COc1ccc(CC(C)(C)NCC(O)c2ccccc2O)c(OC)c1OC. The highest BCUT2D eigenvalue weighted by Gasteiger charge is 2.24. The van der Waals surface area contributed by atoms with Crippen molar-refractivity contribution in [3.8, 4) is 23.0 Å². The summed E-state index contributed by atoms with van der Waals surface area (Å²) < 4.78 is 16.3. The van der Waals surface area contributed by atoms with Crippen LogP contribution in [0.15, 0.2) is 36.4 Å². The summed E-state index contributed by atoms with van der Waals surface area (Å²) in [6.45, 7) is 4.39. The van der Waals surface area contributed by atoms with Crippen LogP contribution in [-0.2, 0) is 6.42 Å². The molecule has 6 heteroatoms. The fourth-order valence-electron chi connectivity index (χ4n) is 3.09. The van der Waals surface area contributed by atoms with Gasteiger partial charge in [0.25, 0.3) is 0 Å². The summed E-state index contributed by atoms with van der Waals surface area (Å²) in [6, 6.07) is 10.6. The summed E-state index contributed by atoms with van der Waals surface area (Å²) in [6.07, 6.45) is -0.165. The lowest BCUT2D eigenvalue weighted by molar-refractivity contribution is 0.157. The second-order valence-electron chi connectivity index (χ2n) is 7.01. The molecule has 3 N–H and O–H groups in total. The highest BCUT2D eigenvalue weighted by atomic mass is 16.5. The van der Waals surface area contributed by atoms with E-state index in [1.165, 1.54) is 0 Å². The van der Waals surface area contributed by atoms with Gasteiger partial charge >= 0.3 is 0 Å².